The summed E-state index contributed by atoms with van der Waals surface area (Å²) in [6, 6.07) is 3.91. The van der Waals surface area contributed by atoms with E-state index < -0.39 is 6.10 Å². The second kappa shape index (κ2) is 4.79. The first-order chi connectivity index (χ1) is 9.15. The Labute approximate surface area is 115 Å². The molecule has 100 valence electrons. The maximum atomic E-state index is 12.5. The predicted molar refractivity (Wildman–Crippen MR) is 73.0 cm³/mol. The predicted octanol–water partition coefficient (Wildman–Crippen LogP) is 1.36. The third-order valence-corrected chi connectivity index (χ3v) is 4.14. The van der Waals surface area contributed by atoms with Crippen molar-refractivity contribution in [1.29, 1.82) is 0 Å². The fourth-order valence-corrected chi connectivity index (χ4v) is 3.06. The summed E-state index contributed by atoms with van der Waals surface area (Å²) in [4.78, 5) is 15.2. The molecule has 1 N–H and O–H groups in total. The molecule has 2 aromatic heterocycles. The van der Waals surface area contributed by atoms with E-state index >= 15 is 0 Å². The summed E-state index contributed by atoms with van der Waals surface area (Å²) in [6.45, 7) is 1.02. The third kappa shape index (κ3) is 2.29. The summed E-state index contributed by atoms with van der Waals surface area (Å²) in [5, 5.41) is 15.9. The van der Waals surface area contributed by atoms with Gasteiger partial charge in [-0.3, -0.25) is 9.48 Å². The van der Waals surface area contributed by atoms with Crippen LogP contribution in [0.25, 0.3) is 10.6 Å². The van der Waals surface area contributed by atoms with Crippen LogP contribution in [-0.2, 0) is 7.05 Å². The van der Waals surface area contributed by atoms with Gasteiger partial charge < -0.3 is 10.0 Å². The van der Waals surface area contributed by atoms with Gasteiger partial charge in [-0.05, 0) is 17.9 Å². The van der Waals surface area contributed by atoms with Crippen molar-refractivity contribution in [2.45, 2.75) is 12.5 Å². The van der Waals surface area contributed by atoms with Crippen molar-refractivity contribution in [3.05, 3.63) is 29.3 Å². The zero-order chi connectivity index (χ0) is 13.4. The van der Waals surface area contributed by atoms with Gasteiger partial charge in [0.15, 0.2) is 0 Å². The van der Waals surface area contributed by atoms with Crippen LogP contribution in [0.5, 0.6) is 0 Å². The maximum absolute atomic E-state index is 12.5. The van der Waals surface area contributed by atoms with Gasteiger partial charge in [0.25, 0.3) is 5.91 Å². The van der Waals surface area contributed by atoms with Crippen LogP contribution in [0, 0.1) is 0 Å². The molecule has 3 rings (SSSR count). The van der Waals surface area contributed by atoms with Crippen LogP contribution in [0.15, 0.2) is 23.7 Å². The molecule has 0 unspecified atom stereocenters. The second-order valence-corrected chi connectivity index (χ2v) is 5.68. The van der Waals surface area contributed by atoms with E-state index in [2.05, 4.69) is 5.10 Å². The summed E-state index contributed by atoms with van der Waals surface area (Å²) >= 11 is 1.57. The Morgan fingerprint density at radius 2 is 2.42 bits per heavy atom. The molecule has 3 heterocycles. The molecule has 2 aromatic rings. The number of hydrogen-bond acceptors (Lipinski definition) is 4. The summed E-state index contributed by atoms with van der Waals surface area (Å²) in [5.74, 6) is -0.0481. The molecule has 1 aliphatic rings. The van der Waals surface area contributed by atoms with Gasteiger partial charge in [0, 0.05) is 26.3 Å². The number of aryl methyl sites for hydroxylation is 1. The minimum Gasteiger partial charge on any atom is -0.391 e. The highest BCUT2D eigenvalue weighted by Gasteiger charge is 2.28. The Balaban J connectivity index is 1.94. The smallest absolute Gasteiger partial charge is 0.257 e. The summed E-state index contributed by atoms with van der Waals surface area (Å²) in [6.07, 6.45) is 2.01. The summed E-state index contributed by atoms with van der Waals surface area (Å²) in [5.41, 5.74) is 1.34. The maximum Gasteiger partial charge on any atom is 0.257 e. The molecule has 1 amide bonds. The highest BCUT2D eigenvalue weighted by Crippen LogP contribution is 2.28. The zero-order valence-corrected chi connectivity index (χ0v) is 11.4. The molecule has 0 bridgehead atoms. The monoisotopic (exact) mass is 277 g/mol. The number of nitrogens with zero attached hydrogens (tertiary/aromatic N) is 3. The van der Waals surface area contributed by atoms with E-state index in [0.29, 0.717) is 25.1 Å². The van der Waals surface area contributed by atoms with Gasteiger partial charge in [0.1, 0.15) is 5.69 Å². The molecule has 0 spiro atoms. The van der Waals surface area contributed by atoms with Crippen molar-refractivity contribution in [3.63, 3.8) is 0 Å². The van der Waals surface area contributed by atoms with Crippen LogP contribution < -0.4 is 0 Å². The molecule has 1 aliphatic heterocycles. The van der Waals surface area contributed by atoms with E-state index in [1.165, 1.54) is 0 Å². The zero-order valence-electron chi connectivity index (χ0n) is 10.6. The minimum atomic E-state index is -0.397. The number of rotatable bonds is 2. The van der Waals surface area contributed by atoms with Gasteiger partial charge in [-0.25, -0.2) is 0 Å². The fourth-order valence-electron chi connectivity index (χ4n) is 2.34. The molecule has 1 fully saturated rings. The number of hydrogen-bond donors (Lipinski definition) is 1. The Morgan fingerprint density at radius 3 is 3.05 bits per heavy atom. The average Bonchev–Trinajstić information content (AvgIpc) is 3.07. The Hall–Kier alpha value is -1.66. The van der Waals surface area contributed by atoms with Gasteiger partial charge >= 0.3 is 0 Å². The van der Waals surface area contributed by atoms with Crippen molar-refractivity contribution >= 4 is 17.2 Å². The van der Waals surface area contributed by atoms with E-state index in [1.54, 1.807) is 27.1 Å². The lowest BCUT2D eigenvalue weighted by Crippen LogP contribution is -2.29. The number of aromatic nitrogens is 2. The van der Waals surface area contributed by atoms with E-state index in [0.717, 1.165) is 10.6 Å². The Morgan fingerprint density at radius 1 is 1.58 bits per heavy atom. The summed E-state index contributed by atoms with van der Waals surface area (Å²) in [7, 11) is 1.81. The molecule has 5 nitrogen and oxygen atoms in total. The molecule has 1 saturated heterocycles. The molecular formula is C13H15N3O2S. The molecule has 1 atom stereocenters. The lowest BCUT2D eigenvalue weighted by Gasteiger charge is -2.14. The van der Waals surface area contributed by atoms with Crippen LogP contribution in [-0.4, -0.2) is 44.9 Å². The van der Waals surface area contributed by atoms with E-state index in [1.807, 2.05) is 24.6 Å². The summed E-state index contributed by atoms with van der Waals surface area (Å²) < 4.78 is 1.66. The Kier molecular flexibility index (Phi) is 3.12. The van der Waals surface area contributed by atoms with Gasteiger partial charge in [0.2, 0.25) is 0 Å². The first-order valence-electron chi connectivity index (χ1n) is 6.20. The van der Waals surface area contributed by atoms with Gasteiger partial charge in [-0.1, -0.05) is 6.07 Å². The standard InChI is InChI=1S/C13H15N3O2S/c1-15-8-10(12(14-15)11-3-2-6-19-11)13(18)16-5-4-9(17)7-16/h2-3,6,8-9,17H,4-5,7H2,1H3/t9-/m1/s1. The third-order valence-electron chi connectivity index (χ3n) is 3.26. The number of aliphatic hydroxyl groups is 1. The minimum absolute atomic E-state index is 0.0481. The highest BCUT2D eigenvalue weighted by molar-refractivity contribution is 7.13. The number of aliphatic hydroxyl groups excluding tert-OH is 1. The first-order valence-corrected chi connectivity index (χ1v) is 7.08. The van der Waals surface area contributed by atoms with Crippen molar-refractivity contribution in [2.24, 2.45) is 7.05 Å². The van der Waals surface area contributed by atoms with Crippen LogP contribution >= 0.6 is 11.3 Å². The topological polar surface area (TPSA) is 58.4 Å². The van der Waals surface area contributed by atoms with E-state index in [9.17, 15) is 9.90 Å². The average molecular weight is 277 g/mol. The lowest BCUT2D eigenvalue weighted by atomic mass is 10.2. The molecule has 0 saturated carbocycles. The molecule has 0 aliphatic carbocycles. The number of carbonyl (C=O) groups excluding carboxylic acids is 1. The van der Waals surface area contributed by atoms with Crippen LogP contribution in [0.1, 0.15) is 16.8 Å². The molecule has 0 radical (unpaired) electrons. The van der Waals surface area contributed by atoms with Gasteiger partial charge in [-0.2, -0.15) is 5.10 Å². The molecule has 6 heteroatoms. The van der Waals surface area contributed by atoms with Crippen LogP contribution in [0.4, 0.5) is 0 Å². The first kappa shape index (κ1) is 12.4. The molecule has 19 heavy (non-hydrogen) atoms. The number of amides is 1. The SMILES string of the molecule is Cn1cc(C(=O)N2CC[C@@H](O)C2)c(-c2cccs2)n1. The Bertz CT molecular complexity index is 591. The number of likely N-dealkylation sites (tertiary alicyclic amines) is 1. The normalized spacial score (nSPS) is 19.1. The molecule has 0 aromatic carbocycles. The number of thiophene rings is 1. The van der Waals surface area contributed by atoms with E-state index in [-0.39, 0.29) is 5.91 Å². The largest absolute Gasteiger partial charge is 0.391 e. The number of β-amino-alcohol motifs (C(OH)–C–C–N with tert-alkyl or cyclic N) is 1. The second-order valence-electron chi connectivity index (χ2n) is 4.74. The quantitative estimate of drug-likeness (QED) is 0.901. The highest BCUT2D eigenvalue weighted by atomic mass is 32.1. The van der Waals surface area contributed by atoms with Gasteiger partial charge in [0.05, 0.1) is 16.5 Å². The van der Waals surface area contributed by atoms with Crippen LogP contribution in [0.2, 0.25) is 0 Å². The van der Waals surface area contributed by atoms with Crippen LogP contribution in [0.3, 0.4) is 0 Å². The number of carbonyl (C=O) groups is 1. The fraction of sp³-hybridized carbons (Fsp3) is 0.385. The van der Waals surface area contributed by atoms with Crippen molar-refractivity contribution in [1.82, 2.24) is 14.7 Å². The molecular weight excluding hydrogens is 262 g/mol. The van der Waals surface area contributed by atoms with Crippen molar-refractivity contribution in [2.75, 3.05) is 13.1 Å². The van der Waals surface area contributed by atoms with Crippen molar-refractivity contribution in [3.8, 4) is 10.6 Å². The lowest BCUT2D eigenvalue weighted by molar-refractivity contribution is 0.0765. The van der Waals surface area contributed by atoms with Crippen molar-refractivity contribution < 1.29 is 9.90 Å². The van der Waals surface area contributed by atoms with E-state index in [4.69, 9.17) is 0 Å². The van der Waals surface area contributed by atoms with Gasteiger partial charge in [-0.15, -0.1) is 11.3 Å².